The lowest BCUT2D eigenvalue weighted by atomic mass is 10.2. The first kappa shape index (κ1) is 11.9. The van der Waals surface area contributed by atoms with Crippen molar-refractivity contribution < 1.29 is 4.74 Å². The highest BCUT2D eigenvalue weighted by Crippen LogP contribution is 1.91. The number of hydrogen-bond acceptors (Lipinski definition) is 3. The molecule has 0 bridgehead atoms. The quantitative estimate of drug-likeness (QED) is 0.560. The van der Waals surface area contributed by atoms with Crippen LogP contribution in [0, 0.1) is 5.92 Å². The molecule has 2 N–H and O–H groups in total. The summed E-state index contributed by atoms with van der Waals surface area (Å²) in [6, 6.07) is 0. The first-order valence-electron chi connectivity index (χ1n) is 4.70. The van der Waals surface area contributed by atoms with Crippen molar-refractivity contribution in [3.63, 3.8) is 0 Å². The minimum Gasteiger partial charge on any atom is -0.364 e. The van der Waals surface area contributed by atoms with Crippen LogP contribution in [0.5, 0.6) is 0 Å². The molecule has 0 aliphatic heterocycles. The second-order valence-corrected chi connectivity index (χ2v) is 3.17. The van der Waals surface area contributed by atoms with Gasteiger partial charge in [-0.2, -0.15) is 0 Å². The lowest BCUT2D eigenvalue weighted by molar-refractivity contribution is 0.0494. The molecule has 0 aromatic carbocycles. The van der Waals surface area contributed by atoms with Crippen LogP contribution in [-0.4, -0.2) is 33.0 Å². The van der Waals surface area contributed by atoms with Crippen molar-refractivity contribution in [2.24, 2.45) is 5.92 Å². The minimum absolute atomic E-state index is 0.175. The summed E-state index contributed by atoms with van der Waals surface area (Å²) in [5.41, 5.74) is 0. The van der Waals surface area contributed by atoms with Gasteiger partial charge >= 0.3 is 0 Å². The van der Waals surface area contributed by atoms with Gasteiger partial charge in [0.1, 0.15) is 6.23 Å². The van der Waals surface area contributed by atoms with Crippen LogP contribution in [0.15, 0.2) is 0 Å². The van der Waals surface area contributed by atoms with Gasteiger partial charge < -0.3 is 10.1 Å². The summed E-state index contributed by atoms with van der Waals surface area (Å²) >= 11 is 0. The van der Waals surface area contributed by atoms with Crippen molar-refractivity contribution in [2.45, 2.75) is 27.0 Å². The Morgan fingerprint density at radius 1 is 1.25 bits per heavy atom. The second kappa shape index (κ2) is 7.53. The number of nitrogens with one attached hydrogen (secondary N) is 2. The minimum atomic E-state index is 0.175. The predicted octanol–water partition coefficient (Wildman–Crippen LogP) is 0.814. The average Bonchev–Trinajstić information content (AvgIpc) is 2.02. The summed E-state index contributed by atoms with van der Waals surface area (Å²) in [5, 5.41) is 6.45. The molecule has 0 heterocycles. The highest BCUT2D eigenvalue weighted by molar-refractivity contribution is 4.59. The van der Waals surface area contributed by atoms with Gasteiger partial charge in [0.2, 0.25) is 0 Å². The van der Waals surface area contributed by atoms with E-state index in [0.717, 1.165) is 19.7 Å². The topological polar surface area (TPSA) is 33.3 Å². The largest absolute Gasteiger partial charge is 0.364 e. The van der Waals surface area contributed by atoms with E-state index < -0.39 is 0 Å². The van der Waals surface area contributed by atoms with E-state index in [0.29, 0.717) is 5.92 Å². The van der Waals surface area contributed by atoms with Gasteiger partial charge in [-0.15, -0.1) is 0 Å². The molecule has 0 saturated carbocycles. The van der Waals surface area contributed by atoms with Crippen LogP contribution in [0.3, 0.4) is 0 Å². The van der Waals surface area contributed by atoms with Crippen LogP contribution in [0.4, 0.5) is 0 Å². The third-order valence-electron chi connectivity index (χ3n) is 1.72. The van der Waals surface area contributed by atoms with E-state index in [1.165, 1.54) is 0 Å². The van der Waals surface area contributed by atoms with E-state index in [2.05, 4.69) is 17.6 Å². The maximum atomic E-state index is 5.34. The fourth-order valence-electron chi connectivity index (χ4n) is 1.10. The van der Waals surface area contributed by atoms with Crippen molar-refractivity contribution in [1.82, 2.24) is 10.6 Å². The molecule has 3 nitrogen and oxygen atoms in total. The third-order valence-corrected chi connectivity index (χ3v) is 1.72. The molecule has 12 heavy (non-hydrogen) atoms. The van der Waals surface area contributed by atoms with E-state index in [1.54, 1.807) is 0 Å². The van der Waals surface area contributed by atoms with E-state index >= 15 is 0 Å². The molecular formula is C9H22N2O. The van der Waals surface area contributed by atoms with E-state index in [4.69, 9.17) is 4.74 Å². The Morgan fingerprint density at radius 2 is 1.92 bits per heavy atom. The number of rotatable bonds is 7. The van der Waals surface area contributed by atoms with Gasteiger partial charge in [0.15, 0.2) is 0 Å². The van der Waals surface area contributed by atoms with Crippen molar-refractivity contribution in [3.05, 3.63) is 0 Å². The number of hydrogen-bond donors (Lipinski definition) is 2. The predicted molar refractivity (Wildman–Crippen MR) is 52.2 cm³/mol. The first-order valence-corrected chi connectivity index (χ1v) is 4.70. The van der Waals surface area contributed by atoms with E-state index in [-0.39, 0.29) is 6.23 Å². The molecule has 0 aromatic heterocycles. The molecular weight excluding hydrogens is 152 g/mol. The average molecular weight is 174 g/mol. The zero-order valence-electron chi connectivity index (χ0n) is 8.68. The highest BCUT2D eigenvalue weighted by atomic mass is 16.5. The van der Waals surface area contributed by atoms with Crippen LogP contribution in [0.25, 0.3) is 0 Å². The third kappa shape index (κ3) is 6.58. The monoisotopic (exact) mass is 174 g/mol. The molecule has 2 atom stereocenters. The Labute approximate surface area is 75.9 Å². The van der Waals surface area contributed by atoms with Gasteiger partial charge in [-0.3, -0.25) is 5.32 Å². The summed E-state index contributed by atoms with van der Waals surface area (Å²) in [5.74, 6) is 0.651. The van der Waals surface area contributed by atoms with Gasteiger partial charge in [-0.05, 0) is 33.4 Å². The van der Waals surface area contributed by atoms with Crippen LogP contribution < -0.4 is 10.6 Å². The van der Waals surface area contributed by atoms with Gasteiger partial charge in [0.25, 0.3) is 0 Å². The maximum absolute atomic E-state index is 5.34. The Balaban J connectivity index is 3.27. The molecule has 0 aromatic rings. The molecule has 3 heteroatoms. The summed E-state index contributed by atoms with van der Waals surface area (Å²) in [4.78, 5) is 0. The van der Waals surface area contributed by atoms with Crippen LogP contribution in [0.2, 0.25) is 0 Å². The van der Waals surface area contributed by atoms with Crippen LogP contribution in [-0.2, 0) is 4.74 Å². The molecule has 0 saturated heterocycles. The van der Waals surface area contributed by atoms with Crippen molar-refractivity contribution in [1.29, 1.82) is 0 Å². The Hall–Kier alpha value is -0.120. The number of ether oxygens (including phenoxy) is 1. The summed E-state index contributed by atoms with van der Waals surface area (Å²) < 4.78 is 5.34. The molecule has 74 valence electrons. The fraction of sp³-hybridized carbons (Fsp3) is 1.00. The van der Waals surface area contributed by atoms with Crippen molar-refractivity contribution in [2.75, 3.05) is 26.7 Å². The molecule has 0 aliphatic carbocycles. The Morgan fingerprint density at radius 3 is 2.42 bits per heavy atom. The standard InChI is InChI=1S/C9H22N2O/c1-5-12-9(3)11-7-8(2)6-10-4/h8-11H,5-7H2,1-4H3. The van der Waals surface area contributed by atoms with E-state index in [9.17, 15) is 0 Å². The molecule has 0 fully saturated rings. The van der Waals surface area contributed by atoms with Crippen molar-refractivity contribution in [3.8, 4) is 0 Å². The second-order valence-electron chi connectivity index (χ2n) is 3.17. The SMILES string of the molecule is CCOC(C)NCC(C)CNC. The van der Waals surface area contributed by atoms with Gasteiger partial charge in [0.05, 0.1) is 0 Å². The summed E-state index contributed by atoms with van der Waals surface area (Å²) in [7, 11) is 1.97. The zero-order chi connectivity index (χ0) is 9.40. The molecule has 0 rings (SSSR count). The molecule has 2 unspecified atom stereocenters. The molecule has 0 amide bonds. The normalized spacial score (nSPS) is 16.0. The van der Waals surface area contributed by atoms with Gasteiger partial charge in [-0.25, -0.2) is 0 Å². The summed E-state index contributed by atoms with van der Waals surface area (Å²) in [6.07, 6.45) is 0.175. The Bertz CT molecular complexity index is 86.5. The van der Waals surface area contributed by atoms with Crippen LogP contribution >= 0.6 is 0 Å². The van der Waals surface area contributed by atoms with Gasteiger partial charge in [-0.1, -0.05) is 6.92 Å². The molecule has 0 spiro atoms. The maximum Gasteiger partial charge on any atom is 0.105 e. The van der Waals surface area contributed by atoms with Crippen molar-refractivity contribution >= 4 is 0 Å². The van der Waals surface area contributed by atoms with Crippen LogP contribution in [0.1, 0.15) is 20.8 Å². The van der Waals surface area contributed by atoms with Gasteiger partial charge in [0, 0.05) is 13.2 Å². The Kier molecular flexibility index (Phi) is 7.45. The summed E-state index contributed by atoms with van der Waals surface area (Å²) in [6.45, 7) is 9.08. The molecule has 0 radical (unpaired) electrons. The highest BCUT2D eigenvalue weighted by Gasteiger charge is 2.03. The first-order chi connectivity index (χ1) is 5.70. The lowest BCUT2D eigenvalue weighted by Crippen LogP contribution is -2.35. The zero-order valence-corrected chi connectivity index (χ0v) is 8.68. The van der Waals surface area contributed by atoms with E-state index in [1.807, 2.05) is 20.9 Å². The molecule has 0 aliphatic rings. The fourth-order valence-corrected chi connectivity index (χ4v) is 1.10. The lowest BCUT2D eigenvalue weighted by Gasteiger charge is -2.17. The smallest absolute Gasteiger partial charge is 0.105 e.